The maximum atomic E-state index is 12.7. The van der Waals surface area contributed by atoms with Gasteiger partial charge in [0.05, 0.1) is 5.41 Å². The molecule has 1 unspecified atom stereocenters. The third-order valence-electron chi connectivity index (χ3n) is 4.79. The van der Waals surface area contributed by atoms with Gasteiger partial charge in [0.1, 0.15) is 0 Å². The predicted octanol–water partition coefficient (Wildman–Crippen LogP) is 2.90. The van der Waals surface area contributed by atoms with Gasteiger partial charge in [-0.3, -0.25) is 4.79 Å². The van der Waals surface area contributed by atoms with Gasteiger partial charge >= 0.3 is 0 Å². The van der Waals surface area contributed by atoms with Crippen molar-refractivity contribution < 1.29 is 4.79 Å². The lowest BCUT2D eigenvalue weighted by molar-refractivity contribution is -0.138. The third kappa shape index (κ3) is 1.44. The Kier molecular flexibility index (Phi) is 2.35. The Morgan fingerprint density at radius 1 is 1.17 bits per heavy atom. The summed E-state index contributed by atoms with van der Waals surface area (Å²) in [5.74, 6) is 0.350. The highest BCUT2D eigenvalue weighted by molar-refractivity contribution is 5.93. The summed E-state index contributed by atoms with van der Waals surface area (Å²) in [7, 11) is 0. The van der Waals surface area contributed by atoms with E-state index in [0.717, 1.165) is 25.9 Å². The topological polar surface area (TPSA) is 20.3 Å². The Hall–Kier alpha value is -1.31. The zero-order chi connectivity index (χ0) is 13.0. The maximum absolute atomic E-state index is 12.7. The molecule has 1 aliphatic carbocycles. The van der Waals surface area contributed by atoms with E-state index in [2.05, 4.69) is 45.0 Å². The average molecular weight is 243 g/mol. The van der Waals surface area contributed by atoms with Crippen molar-refractivity contribution >= 4 is 5.91 Å². The van der Waals surface area contributed by atoms with Crippen molar-refractivity contribution in [3.05, 3.63) is 35.4 Å². The fourth-order valence-corrected chi connectivity index (χ4v) is 3.23. The summed E-state index contributed by atoms with van der Waals surface area (Å²) in [5.41, 5.74) is 2.31. The number of carbonyl (C=O) groups excluding carboxylic acids is 1. The highest BCUT2D eigenvalue weighted by Crippen LogP contribution is 2.65. The lowest BCUT2D eigenvalue weighted by Crippen LogP contribution is -2.48. The van der Waals surface area contributed by atoms with E-state index in [1.54, 1.807) is 0 Å². The quantitative estimate of drug-likeness (QED) is 0.782. The van der Waals surface area contributed by atoms with E-state index in [-0.39, 0.29) is 10.8 Å². The van der Waals surface area contributed by atoms with Crippen molar-refractivity contribution in [3.8, 4) is 0 Å². The molecule has 0 N–H and O–H groups in total. The molecule has 1 saturated carbocycles. The van der Waals surface area contributed by atoms with Crippen LogP contribution < -0.4 is 0 Å². The van der Waals surface area contributed by atoms with Gasteiger partial charge in [0.15, 0.2) is 0 Å². The summed E-state index contributed by atoms with van der Waals surface area (Å²) in [6.07, 6.45) is 2.15. The molecule has 2 nitrogen and oxygen atoms in total. The van der Waals surface area contributed by atoms with Gasteiger partial charge in [-0.15, -0.1) is 0 Å². The minimum Gasteiger partial charge on any atom is -0.342 e. The molecule has 3 rings (SSSR count). The molecule has 0 spiro atoms. The SMILES string of the molecule is Cc1ccc(C2(C(=O)N3CCC3)CC2(C)C)cc1. The number of rotatable bonds is 2. The standard InChI is InChI=1S/C16H21NO/c1-12-5-7-13(8-6-12)16(11-15(16,2)3)14(18)17-9-4-10-17/h5-8H,4,9-11H2,1-3H3. The fourth-order valence-electron chi connectivity index (χ4n) is 3.23. The Morgan fingerprint density at radius 2 is 1.72 bits per heavy atom. The fraction of sp³-hybridized carbons (Fsp3) is 0.562. The normalized spacial score (nSPS) is 28.7. The number of benzene rings is 1. The maximum Gasteiger partial charge on any atom is 0.233 e. The van der Waals surface area contributed by atoms with Gasteiger partial charge in [-0.05, 0) is 30.7 Å². The van der Waals surface area contributed by atoms with Crippen LogP contribution in [-0.2, 0) is 10.2 Å². The largest absolute Gasteiger partial charge is 0.342 e. The summed E-state index contributed by atoms with van der Waals surface area (Å²) in [6.45, 7) is 8.41. The first-order valence-electron chi connectivity index (χ1n) is 6.84. The molecule has 1 aliphatic heterocycles. The monoisotopic (exact) mass is 243 g/mol. The number of carbonyl (C=O) groups is 1. The molecule has 2 heteroatoms. The Morgan fingerprint density at radius 3 is 2.11 bits per heavy atom. The highest BCUT2D eigenvalue weighted by Gasteiger charge is 2.68. The van der Waals surface area contributed by atoms with Crippen LogP contribution in [0.15, 0.2) is 24.3 Å². The van der Waals surface area contributed by atoms with Gasteiger partial charge in [-0.2, -0.15) is 0 Å². The molecule has 1 aromatic rings. The van der Waals surface area contributed by atoms with Gasteiger partial charge in [0.2, 0.25) is 5.91 Å². The van der Waals surface area contributed by atoms with Crippen molar-refractivity contribution in [2.45, 2.75) is 39.0 Å². The molecule has 1 saturated heterocycles. The van der Waals surface area contributed by atoms with Crippen LogP contribution >= 0.6 is 0 Å². The van der Waals surface area contributed by atoms with Gasteiger partial charge in [-0.25, -0.2) is 0 Å². The van der Waals surface area contributed by atoms with E-state index < -0.39 is 0 Å². The lowest BCUT2D eigenvalue weighted by Gasteiger charge is -2.36. The summed E-state index contributed by atoms with van der Waals surface area (Å²) >= 11 is 0. The smallest absolute Gasteiger partial charge is 0.233 e. The Labute approximate surface area is 109 Å². The van der Waals surface area contributed by atoms with E-state index in [9.17, 15) is 4.79 Å². The first-order valence-corrected chi connectivity index (χ1v) is 6.84. The van der Waals surface area contributed by atoms with Crippen molar-refractivity contribution in [2.75, 3.05) is 13.1 Å². The molecule has 2 aliphatic rings. The van der Waals surface area contributed by atoms with Crippen LogP contribution in [0.25, 0.3) is 0 Å². The summed E-state index contributed by atoms with van der Waals surface area (Å²) < 4.78 is 0. The number of likely N-dealkylation sites (tertiary alicyclic amines) is 1. The van der Waals surface area contributed by atoms with E-state index in [4.69, 9.17) is 0 Å². The summed E-state index contributed by atoms with van der Waals surface area (Å²) in [4.78, 5) is 14.8. The second-order valence-corrected chi connectivity index (χ2v) is 6.48. The predicted molar refractivity (Wildman–Crippen MR) is 72.5 cm³/mol. The Balaban J connectivity index is 1.98. The Bertz CT molecular complexity index is 484. The van der Waals surface area contributed by atoms with E-state index >= 15 is 0 Å². The number of nitrogens with zero attached hydrogens (tertiary/aromatic N) is 1. The van der Waals surface area contributed by atoms with Crippen LogP contribution in [0.4, 0.5) is 0 Å². The van der Waals surface area contributed by atoms with Crippen molar-refractivity contribution in [1.29, 1.82) is 0 Å². The molecular formula is C16H21NO. The molecule has 18 heavy (non-hydrogen) atoms. The number of aryl methyl sites for hydroxylation is 1. The van der Waals surface area contributed by atoms with E-state index in [1.807, 2.05) is 4.90 Å². The second kappa shape index (κ2) is 3.59. The molecule has 0 radical (unpaired) electrons. The molecular weight excluding hydrogens is 222 g/mol. The van der Waals surface area contributed by atoms with E-state index in [1.165, 1.54) is 11.1 Å². The third-order valence-corrected chi connectivity index (χ3v) is 4.79. The van der Waals surface area contributed by atoms with Crippen molar-refractivity contribution in [1.82, 2.24) is 4.90 Å². The molecule has 0 bridgehead atoms. The van der Waals surface area contributed by atoms with Gasteiger partial charge < -0.3 is 4.90 Å². The van der Waals surface area contributed by atoms with Gasteiger partial charge in [0, 0.05) is 13.1 Å². The minimum absolute atomic E-state index is 0.106. The van der Waals surface area contributed by atoms with Crippen molar-refractivity contribution in [3.63, 3.8) is 0 Å². The zero-order valence-corrected chi connectivity index (χ0v) is 11.5. The number of hydrogen-bond acceptors (Lipinski definition) is 1. The summed E-state index contributed by atoms with van der Waals surface area (Å²) in [5, 5.41) is 0. The summed E-state index contributed by atoms with van der Waals surface area (Å²) in [6, 6.07) is 8.52. The molecule has 2 fully saturated rings. The minimum atomic E-state index is -0.249. The van der Waals surface area contributed by atoms with Crippen LogP contribution in [0, 0.1) is 12.3 Å². The second-order valence-electron chi connectivity index (χ2n) is 6.48. The van der Waals surface area contributed by atoms with Crippen LogP contribution in [-0.4, -0.2) is 23.9 Å². The van der Waals surface area contributed by atoms with Crippen LogP contribution in [0.3, 0.4) is 0 Å². The molecule has 0 aromatic heterocycles. The van der Waals surface area contributed by atoms with Crippen LogP contribution in [0.5, 0.6) is 0 Å². The number of amides is 1. The van der Waals surface area contributed by atoms with Crippen LogP contribution in [0.2, 0.25) is 0 Å². The van der Waals surface area contributed by atoms with Gasteiger partial charge in [0.25, 0.3) is 0 Å². The first kappa shape index (κ1) is 11.8. The zero-order valence-electron chi connectivity index (χ0n) is 11.5. The van der Waals surface area contributed by atoms with E-state index in [0.29, 0.717) is 5.91 Å². The first-order chi connectivity index (χ1) is 8.47. The van der Waals surface area contributed by atoms with Crippen LogP contribution in [0.1, 0.15) is 37.8 Å². The van der Waals surface area contributed by atoms with Gasteiger partial charge in [-0.1, -0.05) is 43.7 Å². The molecule has 96 valence electrons. The molecule has 1 aromatic carbocycles. The average Bonchev–Trinajstić information content (AvgIpc) is 2.81. The molecule has 1 heterocycles. The molecule has 1 amide bonds. The highest BCUT2D eigenvalue weighted by atomic mass is 16.2. The van der Waals surface area contributed by atoms with Crippen molar-refractivity contribution in [2.24, 2.45) is 5.41 Å². The number of hydrogen-bond donors (Lipinski definition) is 0. The lowest BCUT2D eigenvalue weighted by atomic mass is 9.85. The molecule has 1 atom stereocenters.